The summed E-state index contributed by atoms with van der Waals surface area (Å²) in [7, 11) is -1.40. The first-order chi connectivity index (χ1) is 9.48. The molecule has 20 heavy (non-hydrogen) atoms. The van der Waals surface area contributed by atoms with Crippen LogP contribution in [0.3, 0.4) is 0 Å². The van der Waals surface area contributed by atoms with E-state index in [2.05, 4.69) is 28.2 Å². The van der Waals surface area contributed by atoms with E-state index >= 15 is 0 Å². The molecular formula is C15H22BrNO2S. The van der Waals surface area contributed by atoms with Gasteiger partial charge in [0.05, 0.1) is 10.1 Å². The minimum Gasteiger partial charge on any atom is -0.316 e. The maximum absolute atomic E-state index is 12.9. The summed E-state index contributed by atoms with van der Waals surface area (Å²) in [6.45, 7) is 2.15. The molecule has 2 rings (SSSR count). The number of hydrogen-bond donors (Lipinski definition) is 1. The van der Waals surface area contributed by atoms with Crippen molar-refractivity contribution in [3.63, 3.8) is 0 Å². The average Bonchev–Trinajstić information content (AvgIpc) is 2.47. The summed E-state index contributed by atoms with van der Waals surface area (Å²) in [5.41, 5.74) is 0. The summed E-state index contributed by atoms with van der Waals surface area (Å²) >= 11 is 3.35. The highest BCUT2D eigenvalue weighted by Gasteiger charge is 2.38. The zero-order valence-electron chi connectivity index (χ0n) is 12.0. The van der Waals surface area contributed by atoms with Gasteiger partial charge < -0.3 is 5.32 Å². The Morgan fingerprint density at radius 3 is 2.45 bits per heavy atom. The maximum atomic E-state index is 12.9. The summed E-state index contributed by atoms with van der Waals surface area (Å²) in [6, 6.07) is 7.04. The van der Waals surface area contributed by atoms with Gasteiger partial charge in [0, 0.05) is 10.5 Å². The number of benzene rings is 1. The normalized spacial score (nSPS) is 27.4. The van der Waals surface area contributed by atoms with Gasteiger partial charge in [-0.15, -0.1) is 0 Å². The summed E-state index contributed by atoms with van der Waals surface area (Å²) in [5.74, 6) is 0.523. The van der Waals surface area contributed by atoms with Crippen LogP contribution in [-0.2, 0) is 9.84 Å². The summed E-state index contributed by atoms with van der Waals surface area (Å²) in [5, 5.41) is 2.88. The zero-order valence-corrected chi connectivity index (χ0v) is 14.4. The van der Waals surface area contributed by atoms with Crippen LogP contribution in [0.2, 0.25) is 0 Å². The SMILES string of the molecule is CCC1CCC(NC)C(S(=O)(=O)c2ccc(Br)cc2)C1. The lowest BCUT2D eigenvalue weighted by Gasteiger charge is -2.35. The molecule has 3 unspecified atom stereocenters. The van der Waals surface area contributed by atoms with Crippen LogP contribution < -0.4 is 5.32 Å². The van der Waals surface area contributed by atoms with Crippen LogP contribution in [0.25, 0.3) is 0 Å². The first kappa shape index (κ1) is 16.0. The fourth-order valence-electron chi connectivity index (χ4n) is 3.05. The topological polar surface area (TPSA) is 46.2 Å². The van der Waals surface area contributed by atoms with Crippen LogP contribution in [0.15, 0.2) is 33.6 Å². The van der Waals surface area contributed by atoms with Crippen LogP contribution >= 0.6 is 15.9 Å². The molecule has 1 aliphatic carbocycles. The lowest BCUT2D eigenvalue weighted by molar-refractivity contribution is 0.296. The Hall–Kier alpha value is -0.390. The number of sulfone groups is 1. The fourth-order valence-corrected chi connectivity index (χ4v) is 5.41. The third kappa shape index (κ3) is 3.26. The van der Waals surface area contributed by atoms with E-state index in [0.717, 1.165) is 30.2 Å². The largest absolute Gasteiger partial charge is 0.316 e. The highest BCUT2D eigenvalue weighted by molar-refractivity contribution is 9.10. The quantitative estimate of drug-likeness (QED) is 0.895. The first-order valence-electron chi connectivity index (χ1n) is 7.15. The van der Waals surface area contributed by atoms with E-state index in [0.29, 0.717) is 10.8 Å². The molecule has 0 bridgehead atoms. The Bertz CT molecular complexity index is 541. The third-order valence-corrected chi connectivity index (χ3v) is 7.17. The molecule has 1 aromatic carbocycles. The van der Waals surface area contributed by atoms with Crippen LogP contribution in [0.1, 0.15) is 32.6 Å². The summed E-state index contributed by atoms with van der Waals surface area (Å²) in [6.07, 6.45) is 3.88. The predicted octanol–water partition coefficient (Wildman–Crippen LogP) is 3.39. The third-order valence-electron chi connectivity index (χ3n) is 4.39. The smallest absolute Gasteiger partial charge is 0.182 e. The molecule has 1 aromatic rings. The molecule has 1 aliphatic rings. The molecule has 3 atom stereocenters. The van der Waals surface area contributed by atoms with Gasteiger partial charge in [-0.05, 0) is 56.5 Å². The van der Waals surface area contributed by atoms with E-state index in [1.807, 2.05) is 7.05 Å². The van der Waals surface area contributed by atoms with Crippen molar-refractivity contribution in [3.8, 4) is 0 Å². The fraction of sp³-hybridized carbons (Fsp3) is 0.600. The number of rotatable bonds is 4. The molecule has 0 amide bonds. The molecular weight excluding hydrogens is 338 g/mol. The van der Waals surface area contributed by atoms with Gasteiger partial charge >= 0.3 is 0 Å². The minimum absolute atomic E-state index is 0.0615. The lowest BCUT2D eigenvalue weighted by atomic mass is 9.84. The molecule has 1 fully saturated rings. The molecule has 0 spiro atoms. The van der Waals surface area contributed by atoms with Crippen molar-refractivity contribution in [1.82, 2.24) is 5.32 Å². The molecule has 5 heteroatoms. The molecule has 3 nitrogen and oxygen atoms in total. The first-order valence-corrected chi connectivity index (χ1v) is 9.49. The molecule has 0 heterocycles. The maximum Gasteiger partial charge on any atom is 0.182 e. The minimum atomic E-state index is -3.27. The Kier molecular flexibility index (Phi) is 5.26. The van der Waals surface area contributed by atoms with E-state index in [-0.39, 0.29) is 11.3 Å². The number of halogens is 1. The predicted molar refractivity (Wildman–Crippen MR) is 85.6 cm³/mol. The Balaban J connectivity index is 2.32. The van der Waals surface area contributed by atoms with Crippen molar-refractivity contribution < 1.29 is 8.42 Å². The van der Waals surface area contributed by atoms with Crippen molar-refractivity contribution in [2.75, 3.05) is 7.05 Å². The molecule has 0 saturated heterocycles. The van der Waals surface area contributed by atoms with E-state index in [4.69, 9.17) is 0 Å². The van der Waals surface area contributed by atoms with Gasteiger partial charge in [-0.2, -0.15) is 0 Å². The molecule has 112 valence electrons. The molecule has 0 aliphatic heterocycles. The van der Waals surface area contributed by atoms with E-state index < -0.39 is 9.84 Å². The van der Waals surface area contributed by atoms with Crippen molar-refractivity contribution >= 4 is 25.8 Å². The number of nitrogens with one attached hydrogen (secondary N) is 1. The second kappa shape index (κ2) is 6.58. The van der Waals surface area contributed by atoms with Gasteiger partial charge in [0.1, 0.15) is 0 Å². The van der Waals surface area contributed by atoms with Gasteiger partial charge in [0.15, 0.2) is 9.84 Å². The average molecular weight is 360 g/mol. The highest BCUT2D eigenvalue weighted by atomic mass is 79.9. The second-order valence-electron chi connectivity index (χ2n) is 5.52. The van der Waals surface area contributed by atoms with Gasteiger partial charge in [0.2, 0.25) is 0 Å². The Morgan fingerprint density at radius 2 is 1.90 bits per heavy atom. The van der Waals surface area contributed by atoms with E-state index in [9.17, 15) is 8.42 Å². The lowest BCUT2D eigenvalue weighted by Crippen LogP contribution is -2.46. The van der Waals surface area contributed by atoms with E-state index in [1.54, 1.807) is 24.3 Å². The number of hydrogen-bond acceptors (Lipinski definition) is 3. The Labute approximate surface area is 130 Å². The van der Waals surface area contributed by atoms with Crippen molar-refractivity contribution in [2.24, 2.45) is 5.92 Å². The molecule has 1 saturated carbocycles. The monoisotopic (exact) mass is 359 g/mol. The van der Waals surface area contributed by atoms with Crippen molar-refractivity contribution in [2.45, 2.75) is 48.8 Å². The molecule has 0 aromatic heterocycles. The Morgan fingerprint density at radius 1 is 1.25 bits per heavy atom. The van der Waals surface area contributed by atoms with Crippen LogP contribution in [0, 0.1) is 5.92 Å². The summed E-state index contributed by atoms with van der Waals surface area (Å²) < 4.78 is 26.6. The van der Waals surface area contributed by atoms with Gasteiger partial charge in [0.25, 0.3) is 0 Å². The van der Waals surface area contributed by atoms with Crippen molar-refractivity contribution in [1.29, 1.82) is 0 Å². The van der Waals surface area contributed by atoms with Gasteiger partial charge in [-0.25, -0.2) is 8.42 Å². The zero-order chi connectivity index (χ0) is 14.8. The van der Waals surface area contributed by atoms with Gasteiger partial charge in [-0.1, -0.05) is 29.3 Å². The second-order valence-corrected chi connectivity index (χ2v) is 8.60. The van der Waals surface area contributed by atoms with Crippen molar-refractivity contribution in [3.05, 3.63) is 28.7 Å². The van der Waals surface area contributed by atoms with Crippen LogP contribution in [-0.4, -0.2) is 26.8 Å². The van der Waals surface area contributed by atoms with Crippen LogP contribution in [0.5, 0.6) is 0 Å². The molecule has 1 N–H and O–H groups in total. The van der Waals surface area contributed by atoms with E-state index in [1.165, 1.54) is 0 Å². The summed E-state index contributed by atoms with van der Waals surface area (Å²) in [4.78, 5) is 0.433. The molecule has 0 radical (unpaired) electrons. The highest BCUT2D eigenvalue weighted by Crippen LogP contribution is 2.34. The standard InChI is InChI=1S/C15H22BrNO2S/c1-3-11-4-9-14(17-2)15(10-11)20(18,19)13-7-5-12(16)6-8-13/h5-8,11,14-15,17H,3-4,9-10H2,1-2H3. The van der Waals surface area contributed by atoms with Gasteiger partial charge in [-0.3, -0.25) is 0 Å². The van der Waals surface area contributed by atoms with Crippen LogP contribution in [0.4, 0.5) is 0 Å².